The molecule has 0 aliphatic carbocycles. The Labute approximate surface area is 130 Å². The van der Waals surface area contributed by atoms with Gasteiger partial charge in [-0.2, -0.15) is 0 Å². The molecule has 0 radical (unpaired) electrons. The molecule has 3 rings (SSSR count). The highest BCUT2D eigenvalue weighted by molar-refractivity contribution is 6.35. The summed E-state index contributed by atoms with van der Waals surface area (Å²) in [5.74, 6) is 0. The Balaban J connectivity index is 0.00000147. The van der Waals surface area contributed by atoms with Crippen LogP contribution in [0.15, 0.2) is 18.2 Å². The van der Waals surface area contributed by atoms with E-state index in [9.17, 15) is 0 Å². The number of fused-ring (bicyclic) bond motifs is 1. The molecule has 1 saturated heterocycles. The number of nitrogens with zero attached hydrogens (tertiary/aromatic N) is 2. The molecule has 0 amide bonds. The lowest BCUT2D eigenvalue weighted by molar-refractivity contribution is 0.590. The van der Waals surface area contributed by atoms with Crippen LogP contribution in [0.4, 0.5) is 5.69 Å². The Morgan fingerprint density at radius 3 is 2.60 bits per heavy atom. The van der Waals surface area contributed by atoms with Crippen LogP contribution in [0.1, 0.15) is 11.3 Å². The molecule has 2 aromatic rings. The molecule has 1 aliphatic heterocycles. The number of aromatic nitrogens is 1. The molecule has 5 heteroatoms. The second-order valence-corrected chi connectivity index (χ2v) is 5.45. The molecule has 2 heterocycles. The minimum Gasteiger partial charge on any atom is -0.367 e. The van der Waals surface area contributed by atoms with Crippen molar-refractivity contribution in [3.05, 3.63) is 34.5 Å². The molecular weight excluding hydrogens is 293 g/mol. The molecule has 20 heavy (non-hydrogen) atoms. The monoisotopic (exact) mass is 311 g/mol. The zero-order valence-corrected chi connectivity index (χ0v) is 13.3. The molecule has 3 nitrogen and oxygen atoms in total. The third-order valence-electron chi connectivity index (χ3n) is 3.73. The lowest BCUT2D eigenvalue weighted by atomic mass is 10.1. The summed E-state index contributed by atoms with van der Waals surface area (Å²) in [6, 6.07) is 6.30. The van der Waals surface area contributed by atoms with Gasteiger partial charge in [-0.05, 0) is 19.4 Å². The van der Waals surface area contributed by atoms with E-state index in [0.717, 1.165) is 53.5 Å². The summed E-state index contributed by atoms with van der Waals surface area (Å²) in [5, 5.41) is 5.33. The van der Waals surface area contributed by atoms with Crippen LogP contribution >= 0.6 is 24.0 Å². The van der Waals surface area contributed by atoms with E-state index in [2.05, 4.69) is 40.3 Å². The number of benzene rings is 1. The molecule has 0 bridgehead atoms. The summed E-state index contributed by atoms with van der Waals surface area (Å²) in [5.41, 5.74) is 4.33. The molecule has 1 fully saturated rings. The van der Waals surface area contributed by atoms with Crippen LogP contribution in [0.25, 0.3) is 10.9 Å². The lowest BCUT2D eigenvalue weighted by Gasteiger charge is -2.31. The van der Waals surface area contributed by atoms with E-state index >= 15 is 0 Å². The van der Waals surface area contributed by atoms with Gasteiger partial charge >= 0.3 is 0 Å². The SMILES string of the molecule is Cc1nc2c(C)cccc2c(N2CCNCC2)c1Cl.Cl. The smallest absolute Gasteiger partial charge is 0.0858 e. The fourth-order valence-corrected chi connectivity index (χ4v) is 2.97. The van der Waals surface area contributed by atoms with Gasteiger partial charge in [0.2, 0.25) is 0 Å². The van der Waals surface area contributed by atoms with Gasteiger partial charge in [0.15, 0.2) is 0 Å². The zero-order chi connectivity index (χ0) is 13.4. The van der Waals surface area contributed by atoms with Crippen LogP contribution < -0.4 is 10.2 Å². The first-order chi connectivity index (χ1) is 9.18. The summed E-state index contributed by atoms with van der Waals surface area (Å²) in [6.07, 6.45) is 0. The van der Waals surface area contributed by atoms with Gasteiger partial charge in [0.05, 0.1) is 21.9 Å². The van der Waals surface area contributed by atoms with Crippen LogP contribution in [0.2, 0.25) is 5.02 Å². The normalized spacial score (nSPS) is 15.2. The van der Waals surface area contributed by atoms with E-state index < -0.39 is 0 Å². The summed E-state index contributed by atoms with van der Waals surface area (Å²) in [7, 11) is 0. The van der Waals surface area contributed by atoms with E-state index in [1.807, 2.05) is 6.92 Å². The third kappa shape index (κ3) is 2.58. The number of pyridine rings is 1. The van der Waals surface area contributed by atoms with Crippen molar-refractivity contribution in [1.82, 2.24) is 10.3 Å². The third-order valence-corrected chi connectivity index (χ3v) is 4.18. The summed E-state index contributed by atoms with van der Waals surface area (Å²) in [6.45, 7) is 8.08. The first kappa shape index (κ1) is 15.4. The van der Waals surface area contributed by atoms with Gasteiger partial charge in [-0.25, -0.2) is 0 Å². The van der Waals surface area contributed by atoms with Crippen molar-refractivity contribution >= 4 is 40.6 Å². The van der Waals surface area contributed by atoms with Crippen molar-refractivity contribution in [2.24, 2.45) is 0 Å². The molecule has 1 aromatic heterocycles. The first-order valence-corrected chi connectivity index (χ1v) is 7.07. The van der Waals surface area contributed by atoms with E-state index in [1.54, 1.807) is 0 Å². The predicted octanol–water partition coefficient (Wildman–Crippen LogP) is 3.34. The molecule has 1 aromatic carbocycles. The molecule has 0 atom stereocenters. The first-order valence-electron chi connectivity index (χ1n) is 6.69. The average molecular weight is 312 g/mol. The number of piperazine rings is 1. The molecular formula is C15H19Cl2N3. The summed E-state index contributed by atoms with van der Waals surface area (Å²) < 4.78 is 0. The van der Waals surface area contributed by atoms with Crippen molar-refractivity contribution in [2.45, 2.75) is 13.8 Å². The molecule has 1 N–H and O–H groups in total. The van der Waals surface area contributed by atoms with Gasteiger partial charge in [-0.1, -0.05) is 29.8 Å². The van der Waals surface area contributed by atoms with Gasteiger partial charge in [0, 0.05) is 31.6 Å². The fraction of sp³-hybridized carbons (Fsp3) is 0.400. The van der Waals surface area contributed by atoms with Crippen molar-refractivity contribution in [3.8, 4) is 0 Å². The molecule has 0 unspecified atom stereocenters. The maximum absolute atomic E-state index is 6.53. The topological polar surface area (TPSA) is 28.2 Å². The zero-order valence-electron chi connectivity index (χ0n) is 11.7. The van der Waals surface area contributed by atoms with Crippen molar-refractivity contribution in [3.63, 3.8) is 0 Å². The van der Waals surface area contributed by atoms with E-state index in [4.69, 9.17) is 11.6 Å². The molecule has 0 saturated carbocycles. The Kier molecular flexibility index (Phi) is 4.74. The largest absolute Gasteiger partial charge is 0.367 e. The summed E-state index contributed by atoms with van der Waals surface area (Å²) in [4.78, 5) is 7.03. The van der Waals surface area contributed by atoms with Crippen LogP contribution in [-0.4, -0.2) is 31.2 Å². The number of hydrogen-bond donors (Lipinski definition) is 1. The Bertz CT molecular complexity index is 622. The van der Waals surface area contributed by atoms with Crippen LogP contribution in [0.5, 0.6) is 0 Å². The maximum atomic E-state index is 6.53. The fourth-order valence-electron chi connectivity index (χ4n) is 2.70. The lowest BCUT2D eigenvalue weighted by Crippen LogP contribution is -2.43. The quantitative estimate of drug-likeness (QED) is 0.875. The second kappa shape index (κ2) is 6.17. The van der Waals surface area contributed by atoms with Gasteiger partial charge in [0.1, 0.15) is 0 Å². The standard InChI is InChI=1S/C15H18ClN3.ClH/c1-10-4-3-5-12-14(10)18-11(2)13(16)15(12)19-8-6-17-7-9-19;/h3-5,17H,6-9H2,1-2H3;1H. The van der Waals surface area contributed by atoms with Crippen molar-refractivity contribution < 1.29 is 0 Å². The van der Waals surface area contributed by atoms with Gasteiger partial charge in [-0.15, -0.1) is 12.4 Å². The molecule has 0 spiro atoms. The minimum atomic E-state index is 0. The number of rotatable bonds is 1. The van der Waals surface area contributed by atoms with E-state index in [1.165, 1.54) is 5.56 Å². The Morgan fingerprint density at radius 2 is 1.90 bits per heavy atom. The van der Waals surface area contributed by atoms with E-state index in [-0.39, 0.29) is 12.4 Å². The van der Waals surface area contributed by atoms with Crippen LogP contribution in [0, 0.1) is 13.8 Å². The number of anilines is 1. The highest BCUT2D eigenvalue weighted by Gasteiger charge is 2.19. The second-order valence-electron chi connectivity index (χ2n) is 5.07. The van der Waals surface area contributed by atoms with Crippen molar-refractivity contribution in [1.29, 1.82) is 0 Å². The molecule has 108 valence electrons. The average Bonchev–Trinajstić information content (AvgIpc) is 2.42. The number of halogens is 2. The Morgan fingerprint density at radius 1 is 1.20 bits per heavy atom. The molecule has 1 aliphatic rings. The van der Waals surface area contributed by atoms with Gasteiger partial charge in [-0.3, -0.25) is 4.98 Å². The van der Waals surface area contributed by atoms with E-state index in [0.29, 0.717) is 0 Å². The predicted molar refractivity (Wildman–Crippen MR) is 88.6 cm³/mol. The summed E-state index contributed by atoms with van der Waals surface area (Å²) >= 11 is 6.53. The highest BCUT2D eigenvalue weighted by atomic mass is 35.5. The maximum Gasteiger partial charge on any atom is 0.0858 e. The van der Waals surface area contributed by atoms with Crippen LogP contribution in [0.3, 0.4) is 0 Å². The number of hydrogen-bond acceptors (Lipinski definition) is 3. The number of nitrogens with one attached hydrogen (secondary N) is 1. The highest BCUT2D eigenvalue weighted by Crippen LogP contribution is 2.36. The van der Waals surface area contributed by atoms with Crippen LogP contribution in [-0.2, 0) is 0 Å². The minimum absolute atomic E-state index is 0. The number of aryl methyl sites for hydroxylation is 2. The number of para-hydroxylation sites is 1. The van der Waals surface area contributed by atoms with Gasteiger partial charge in [0.25, 0.3) is 0 Å². The Hall–Kier alpha value is -1.03. The van der Waals surface area contributed by atoms with Gasteiger partial charge < -0.3 is 10.2 Å². The van der Waals surface area contributed by atoms with Crippen molar-refractivity contribution in [2.75, 3.05) is 31.1 Å².